The van der Waals surface area contributed by atoms with Crippen molar-refractivity contribution < 1.29 is 0 Å². The first-order valence-corrected chi connectivity index (χ1v) is 4.80. The topological polar surface area (TPSA) is 12.9 Å². The molecule has 1 aromatic rings. The molecule has 1 heterocycles. The van der Waals surface area contributed by atoms with Crippen LogP contribution in [0, 0.1) is 0 Å². The molecule has 0 aliphatic rings. The van der Waals surface area contributed by atoms with Gasteiger partial charge in [0.1, 0.15) is 0 Å². The van der Waals surface area contributed by atoms with Crippen molar-refractivity contribution in [3.63, 3.8) is 0 Å². The maximum absolute atomic E-state index is 4.35. The lowest BCUT2D eigenvalue weighted by atomic mass is 10.1. The summed E-state index contributed by atoms with van der Waals surface area (Å²) in [6.07, 6.45) is 6.75. The lowest BCUT2D eigenvalue weighted by Crippen LogP contribution is -1.90. The van der Waals surface area contributed by atoms with Gasteiger partial charge < -0.3 is 0 Å². The molecule has 0 amide bonds. The van der Waals surface area contributed by atoms with Crippen molar-refractivity contribution in [2.24, 2.45) is 0 Å². The standard InChI is InChI=1S/C11H17N/c1-3-5-6-10-7-8-11(4-2)12-9-10/h7-9H,3-6H2,1-2H3. The lowest BCUT2D eigenvalue weighted by molar-refractivity contribution is 0.790. The fraction of sp³-hybridized carbons (Fsp3) is 0.545. The van der Waals surface area contributed by atoms with Gasteiger partial charge in [-0.2, -0.15) is 0 Å². The number of aromatic nitrogens is 1. The van der Waals surface area contributed by atoms with Crippen molar-refractivity contribution in [3.05, 3.63) is 29.6 Å². The van der Waals surface area contributed by atoms with Crippen molar-refractivity contribution in [3.8, 4) is 0 Å². The van der Waals surface area contributed by atoms with Crippen molar-refractivity contribution in [2.75, 3.05) is 0 Å². The van der Waals surface area contributed by atoms with E-state index >= 15 is 0 Å². The number of hydrogen-bond acceptors (Lipinski definition) is 1. The van der Waals surface area contributed by atoms with E-state index in [0.717, 1.165) is 6.42 Å². The molecule has 0 unspecified atom stereocenters. The first-order chi connectivity index (χ1) is 5.86. The van der Waals surface area contributed by atoms with Gasteiger partial charge in [-0.15, -0.1) is 0 Å². The third-order valence-corrected chi connectivity index (χ3v) is 2.07. The van der Waals surface area contributed by atoms with E-state index in [0.29, 0.717) is 0 Å². The van der Waals surface area contributed by atoms with Crippen LogP contribution in [-0.4, -0.2) is 4.98 Å². The number of pyridine rings is 1. The van der Waals surface area contributed by atoms with E-state index in [-0.39, 0.29) is 0 Å². The van der Waals surface area contributed by atoms with Gasteiger partial charge >= 0.3 is 0 Å². The molecule has 0 spiro atoms. The molecule has 0 atom stereocenters. The quantitative estimate of drug-likeness (QED) is 0.665. The van der Waals surface area contributed by atoms with Crippen LogP contribution in [0.4, 0.5) is 0 Å². The Morgan fingerprint density at radius 2 is 2.08 bits per heavy atom. The van der Waals surface area contributed by atoms with Crippen molar-refractivity contribution in [1.82, 2.24) is 4.98 Å². The van der Waals surface area contributed by atoms with Crippen LogP contribution in [0.3, 0.4) is 0 Å². The van der Waals surface area contributed by atoms with Crippen LogP contribution in [0.25, 0.3) is 0 Å². The molecule has 0 radical (unpaired) electrons. The predicted molar refractivity (Wildman–Crippen MR) is 52.2 cm³/mol. The number of aryl methyl sites for hydroxylation is 2. The highest BCUT2D eigenvalue weighted by Crippen LogP contribution is 2.04. The van der Waals surface area contributed by atoms with Crippen LogP contribution in [0.15, 0.2) is 18.3 Å². The minimum absolute atomic E-state index is 1.04. The highest BCUT2D eigenvalue weighted by molar-refractivity contribution is 5.13. The minimum Gasteiger partial charge on any atom is -0.261 e. The summed E-state index contributed by atoms with van der Waals surface area (Å²) in [5, 5.41) is 0. The molecule has 1 nitrogen and oxygen atoms in total. The third-order valence-electron chi connectivity index (χ3n) is 2.07. The first-order valence-electron chi connectivity index (χ1n) is 4.80. The van der Waals surface area contributed by atoms with Crippen LogP contribution < -0.4 is 0 Å². The summed E-state index contributed by atoms with van der Waals surface area (Å²) in [6, 6.07) is 4.33. The summed E-state index contributed by atoms with van der Waals surface area (Å²) >= 11 is 0. The Kier molecular flexibility index (Phi) is 3.78. The molecular weight excluding hydrogens is 146 g/mol. The molecule has 1 aromatic heterocycles. The van der Waals surface area contributed by atoms with Crippen molar-refractivity contribution >= 4 is 0 Å². The third kappa shape index (κ3) is 2.65. The molecule has 1 heteroatoms. The minimum atomic E-state index is 1.04. The zero-order valence-corrected chi connectivity index (χ0v) is 8.01. The Balaban J connectivity index is 2.53. The molecule has 0 aliphatic carbocycles. The smallest absolute Gasteiger partial charge is 0.0401 e. The molecule has 0 bridgehead atoms. The summed E-state index contributed by atoms with van der Waals surface area (Å²) < 4.78 is 0. The van der Waals surface area contributed by atoms with Gasteiger partial charge in [0.05, 0.1) is 0 Å². The number of hydrogen-bond donors (Lipinski definition) is 0. The maximum atomic E-state index is 4.35. The summed E-state index contributed by atoms with van der Waals surface area (Å²) in [6.45, 7) is 4.35. The van der Waals surface area contributed by atoms with E-state index in [9.17, 15) is 0 Å². The van der Waals surface area contributed by atoms with E-state index < -0.39 is 0 Å². The van der Waals surface area contributed by atoms with Gasteiger partial charge in [-0.1, -0.05) is 26.3 Å². The van der Waals surface area contributed by atoms with Crippen LogP contribution in [-0.2, 0) is 12.8 Å². The number of unbranched alkanes of at least 4 members (excludes halogenated alkanes) is 1. The largest absolute Gasteiger partial charge is 0.261 e. The first kappa shape index (κ1) is 9.24. The Labute approximate surface area is 74.8 Å². The fourth-order valence-electron chi connectivity index (χ4n) is 1.19. The van der Waals surface area contributed by atoms with E-state index in [1.54, 1.807) is 0 Å². The monoisotopic (exact) mass is 163 g/mol. The Hall–Kier alpha value is -0.850. The second kappa shape index (κ2) is 4.91. The van der Waals surface area contributed by atoms with E-state index in [4.69, 9.17) is 0 Å². The summed E-state index contributed by atoms with van der Waals surface area (Å²) in [5.41, 5.74) is 2.56. The molecule has 0 aliphatic heterocycles. The van der Waals surface area contributed by atoms with Crippen LogP contribution in [0.5, 0.6) is 0 Å². The van der Waals surface area contributed by atoms with Gasteiger partial charge in [0.2, 0.25) is 0 Å². The number of nitrogens with zero attached hydrogens (tertiary/aromatic N) is 1. The van der Waals surface area contributed by atoms with Gasteiger partial charge in [0, 0.05) is 11.9 Å². The number of rotatable bonds is 4. The molecule has 0 saturated carbocycles. The summed E-state index contributed by atoms with van der Waals surface area (Å²) in [7, 11) is 0. The average molecular weight is 163 g/mol. The van der Waals surface area contributed by atoms with Crippen molar-refractivity contribution in [1.29, 1.82) is 0 Å². The Bertz CT molecular complexity index is 213. The zero-order chi connectivity index (χ0) is 8.81. The second-order valence-corrected chi connectivity index (χ2v) is 3.11. The highest BCUT2D eigenvalue weighted by Gasteiger charge is 1.93. The Morgan fingerprint density at radius 1 is 1.25 bits per heavy atom. The van der Waals surface area contributed by atoms with E-state index in [1.807, 2.05) is 6.20 Å². The molecule has 66 valence electrons. The lowest BCUT2D eigenvalue weighted by Gasteiger charge is -1.99. The Morgan fingerprint density at radius 3 is 2.58 bits per heavy atom. The normalized spacial score (nSPS) is 10.2. The molecule has 0 aromatic carbocycles. The van der Waals surface area contributed by atoms with Gasteiger partial charge in [0.15, 0.2) is 0 Å². The maximum Gasteiger partial charge on any atom is 0.0401 e. The molecule has 0 fully saturated rings. The van der Waals surface area contributed by atoms with Gasteiger partial charge in [-0.05, 0) is 30.9 Å². The van der Waals surface area contributed by atoms with Gasteiger partial charge in [-0.3, -0.25) is 4.98 Å². The predicted octanol–water partition coefficient (Wildman–Crippen LogP) is 2.99. The summed E-state index contributed by atoms with van der Waals surface area (Å²) in [4.78, 5) is 4.35. The van der Waals surface area contributed by atoms with Gasteiger partial charge in [0.25, 0.3) is 0 Å². The molecule has 1 rings (SSSR count). The molecule has 0 saturated heterocycles. The van der Waals surface area contributed by atoms with E-state index in [2.05, 4.69) is 31.0 Å². The van der Waals surface area contributed by atoms with Gasteiger partial charge in [-0.25, -0.2) is 0 Å². The van der Waals surface area contributed by atoms with Crippen LogP contribution in [0.2, 0.25) is 0 Å². The van der Waals surface area contributed by atoms with Crippen LogP contribution >= 0.6 is 0 Å². The average Bonchev–Trinajstić information content (AvgIpc) is 2.15. The summed E-state index contributed by atoms with van der Waals surface area (Å²) in [5.74, 6) is 0. The highest BCUT2D eigenvalue weighted by atomic mass is 14.7. The molecule has 12 heavy (non-hydrogen) atoms. The molecule has 0 N–H and O–H groups in total. The molecular formula is C11H17N. The van der Waals surface area contributed by atoms with Crippen molar-refractivity contribution in [2.45, 2.75) is 39.5 Å². The second-order valence-electron chi connectivity index (χ2n) is 3.11. The van der Waals surface area contributed by atoms with Crippen LogP contribution in [0.1, 0.15) is 37.9 Å². The van der Waals surface area contributed by atoms with E-state index in [1.165, 1.54) is 30.5 Å². The SMILES string of the molecule is CCCCc1ccc(CC)nc1. The fourth-order valence-corrected chi connectivity index (χ4v) is 1.19. The zero-order valence-electron chi connectivity index (χ0n) is 8.01.